The first-order valence-corrected chi connectivity index (χ1v) is 11.3. The van der Waals surface area contributed by atoms with Crippen LogP contribution >= 0.6 is 11.3 Å². The fraction of sp³-hybridized carbons (Fsp3) is 0.111. The number of nitrogens with one attached hydrogen (secondary N) is 1. The highest BCUT2D eigenvalue weighted by Gasteiger charge is 2.11. The van der Waals surface area contributed by atoms with Gasteiger partial charge in [0.25, 0.3) is 5.91 Å². The van der Waals surface area contributed by atoms with E-state index in [0.717, 1.165) is 22.3 Å². The summed E-state index contributed by atoms with van der Waals surface area (Å²) in [6.45, 7) is 3.75. The van der Waals surface area contributed by atoms with E-state index in [1.807, 2.05) is 37.3 Å². The first kappa shape index (κ1) is 24.7. The molecule has 2 N–H and O–H groups in total. The van der Waals surface area contributed by atoms with E-state index in [4.69, 9.17) is 9.84 Å². The van der Waals surface area contributed by atoms with Crippen molar-refractivity contribution in [2.45, 2.75) is 13.8 Å². The third-order valence-electron chi connectivity index (χ3n) is 5.02. The minimum absolute atomic E-state index is 0.160. The average molecular weight is 478 g/mol. The molecule has 1 heterocycles. The van der Waals surface area contributed by atoms with Gasteiger partial charge in [0.05, 0.1) is 23.9 Å². The number of methoxy groups -OCH3 is 1. The number of halogens is 1. The van der Waals surface area contributed by atoms with Crippen molar-refractivity contribution in [3.63, 3.8) is 0 Å². The van der Waals surface area contributed by atoms with E-state index < -0.39 is 11.8 Å². The highest BCUT2D eigenvalue weighted by molar-refractivity contribution is 7.08. The van der Waals surface area contributed by atoms with Crippen molar-refractivity contribution in [1.29, 1.82) is 0 Å². The first-order valence-electron chi connectivity index (χ1n) is 10.4. The second-order valence-electron chi connectivity index (χ2n) is 7.52. The van der Waals surface area contributed by atoms with Crippen LogP contribution in [0.2, 0.25) is 0 Å². The summed E-state index contributed by atoms with van der Waals surface area (Å²) in [5.74, 6) is -0.951. The van der Waals surface area contributed by atoms with Crippen molar-refractivity contribution < 1.29 is 23.8 Å². The van der Waals surface area contributed by atoms with E-state index in [-0.39, 0.29) is 11.6 Å². The van der Waals surface area contributed by atoms with Crippen molar-refractivity contribution in [2.24, 2.45) is 0 Å². The zero-order chi connectivity index (χ0) is 24.7. The van der Waals surface area contributed by atoms with Crippen LogP contribution in [0.25, 0.3) is 11.1 Å². The maximum absolute atomic E-state index is 14.3. The van der Waals surface area contributed by atoms with Gasteiger partial charge in [-0.25, -0.2) is 9.18 Å². The number of aromatic carboxylic acids is 1. The van der Waals surface area contributed by atoms with Gasteiger partial charge in [-0.3, -0.25) is 4.79 Å². The van der Waals surface area contributed by atoms with Gasteiger partial charge in [-0.15, -0.1) is 0 Å². The van der Waals surface area contributed by atoms with Gasteiger partial charge < -0.3 is 15.2 Å². The zero-order valence-corrected chi connectivity index (χ0v) is 19.8. The molecule has 0 spiro atoms. The first-order chi connectivity index (χ1) is 16.3. The Morgan fingerprint density at radius 3 is 2.35 bits per heavy atom. The fourth-order valence-electron chi connectivity index (χ4n) is 3.24. The lowest BCUT2D eigenvalue weighted by atomic mass is 10.0. The number of rotatable bonds is 5. The van der Waals surface area contributed by atoms with Gasteiger partial charge in [-0.1, -0.05) is 35.9 Å². The molecule has 4 rings (SSSR count). The van der Waals surface area contributed by atoms with Crippen molar-refractivity contribution in [1.82, 2.24) is 0 Å². The molecule has 0 bridgehead atoms. The highest BCUT2D eigenvalue weighted by Crippen LogP contribution is 2.27. The summed E-state index contributed by atoms with van der Waals surface area (Å²) in [7, 11) is 1.59. The molecule has 0 radical (unpaired) electrons. The topological polar surface area (TPSA) is 75.6 Å². The SMILES string of the molecule is COc1cccc(-c2ccc(NC(=O)c3ccsc3)c(F)c2)c1.Cc1ccc(C(=O)O)c(C)c1. The molecule has 5 nitrogen and oxygen atoms in total. The lowest BCUT2D eigenvalue weighted by Crippen LogP contribution is -2.11. The minimum Gasteiger partial charge on any atom is -0.497 e. The van der Waals surface area contributed by atoms with Crippen molar-refractivity contribution in [2.75, 3.05) is 12.4 Å². The highest BCUT2D eigenvalue weighted by atomic mass is 32.1. The Hall–Kier alpha value is -3.97. The number of carbonyl (C=O) groups excluding carboxylic acids is 1. The van der Waals surface area contributed by atoms with Crippen LogP contribution < -0.4 is 10.1 Å². The third-order valence-corrected chi connectivity index (χ3v) is 5.70. The van der Waals surface area contributed by atoms with Crippen LogP contribution in [0.4, 0.5) is 10.1 Å². The summed E-state index contributed by atoms with van der Waals surface area (Å²) in [6, 6.07) is 19.1. The number of anilines is 1. The van der Waals surface area contributed by atoms with Crippen LogP contribution in [0.1, 0.15) is 31.8 Å². The molecule has 0 aliphatic carbocycles. The Bertz CT molecular complexity index is 1300. The van der Waals surface area contributed by atoms with Crippen LogP contribution in [0.15, 0.2) is 77.5 Å². The van der Waals surface area contributed by atoms with E-state index in [9.17, 15) is 14.0 Å². The fourth-order valence-corrected chi connectivity index (χ4v) is 3.88. The standard InChI is InChI=1S/C18H14FNO2S.C9H10O2/c1-22-15-4-2-3-12(9-15)13-5-6-17(16(19)10-13)20-18(21)14-7-8-23-11-14;1-6-3-4-8(9(10)11)7(2)5-6/h2-11H,1H3,(H,20,21);3-5H,1-2H3,(H,10,11). The molecule has 3 aromatic carbocycles. The lowest BCUT2D eigenvalue weighted by Gasteiger charge is -2.09. The number of aryl methyl sites for hydroxylation is 2. The number of thiophene rings is 1. The quantitative estimate of drug-likeness (QED) is 0.331. The Balaban J connectivity index is 0.000000248. The molecular formula is C27H24FNO4S. The average Bonchev–Trinajstić information content (AvgIpc) is 3.36. The summed E-state index contributed by atoms with van der Waals surface area (Å²) in [5, 5.41) is 14.8. The summed E-state index contributed by atoms with van der Waals surface area (Å²) in [6.07, 6.45) is 0. The van der Waals surface area contributed by atoms with E-state index >= 15 is 0 Å². The second-order valence-corrected chi connectivity index (χ2v) is 8.30. The Kier molecular flexibility index (Phi) is 8.16. The van der Waals surface area contributed by atoms with Gasteiger partial charge in [0, 0.05) is 5.38 Å². The van der Waals surface area contributed by atoms with Crippen LogP contribution in [-0.2, 0) is 0 Å². The normalized spacial score (nSPS) is 10.1. The smallest absolute Gasteiger partial charge is 0.335 e. The molecule has 0 fully saturated rings. The molecule has 0 saturated carbocycles. The van der Waals surface area contributed by atoms with E-state index in [0.29, 0.717) is 16.9 Å². The Labute approximate surface area is 201 Å². The molecule has 4 aromatic rings. The van der Waals surface area contributed by atoms with E-state index in [1.54, 1.807) is 55.1 Å². The molecule has 7 heteroatoms. The predicted molar refractivity (Wildman–Crippen MR) is 134 cm³/mol. The molecular weight excluding hydrogens is 453 g/mol. The van der Waals surface area contributed by atoms with Gasteiger partial charge in [0.15, 0.2) is 0 Å². The number of benzene rings is 3. The number of ether oxygens (including phenoxy) is 1. The summed E-state index contributed by atoms with van der Waals surface area (Å²) < 4.78 is 19.5. The number of carbonyl (C=O) groups is 2. The Morgan fingerprint density at radius 2 is 1.74 bits per heavy atom. The maximum Gasteiger partial charge on any atom is 0.335 e. The monoisotopic (exact) mass is 477 g/mol. The number of carboxylic acid groups (broad SMARTS) is 1. The number of hydrogen-bond acceptors (Lipinski definition) is 4. The van der Waals surface area contributed by atoms with Crippen LogP contribution in [0.3, 0.4) is 0 Å². The summed E-state index contributed by atoms with van der Waals surface area (Å²) >= 11 is 1.42. The van der Waals surface area contributed by atoms with Crippen molar-refractivity contribution in [3.8, 4) is 16.9 Å². The molecule has 1 aromatic heterocycles. The number of hydrogen-bond donors (Lipinski definition) is 2. The molecule has 0 aliphatic rings. The van der Waals surface area contributed by atoms with Crippen LogP contribution in [0.5, 0.6) is 5.75 Å². The van der Waals surface area contributed by atoms with E-state index in [1.165, 1.54) is 17.4 Å². The largest absolute Gasteiger partial charge is 0.497 e. The lowest BCUT2D eigenvalue weighted by molar-refractivity contribution is 0.0696. The number of carboxylic acids is 1. The molecule has 1 amide bonds. The van der Waals surface area contributed by atoms with Gasteiger partial charge >= 0.3 is 5.97 Å². The second kappa shape index (κ2) is 11.2. The molecule has 0 saturated heterocycles. The van der Waals surface area contributed by atoms with E-state index in [2.05, 4.69) is 5.32 Å². The van der Waals surface area contributed by atoms with Crippen LogP contribution in [0, 0.1) is 19.7 Å². The zero-order valence-electron chi connectivity index (χ0n) is 19.0. The molecule has 0 unspecified atom stereocenters. The molecule has 34 heavy (non-hydrogen) atoms. The van der Waals surface area contributed by atoms with Gasteiger partial charge in [-0.05, 0) is 72.3 Å². The van der Waals surface area contributed by atoms with Crippen molar-refractivity contribution in [3.05, 3.63) is 106 Å². The van der Waals surface area contributed by atoms with Gasteiger partial charge in [-0.2, -0.15) is 11.3 Å². The number of amides is 1. The maximum atomic E-state index is 14.3. The molecule has 0 aliphatic heterocycles. The summed E-state index contributed by atoms with van der Waals surface area (Å²) in [4.78, 5) is 22.5. The van der Waals surface area contributed by atoms with Crippen molar-refractivity contribution >= 4 is 28.9 Å². The minimum atomic E-state index is -0.859. The predicted octanol–water partition coefficient (Wildman–Crippen LogP) is 6.82. The third kappa shape index (κ3) is 6.30. The van der Waals surface area contributed by atoms with Crippen LogP contribution in [-0.4, -0.2) is 24.1 Å². The molecule has 174 valence electrons. The van der Waals surface area contributed by atoms with Gasteiger partial charge in [0.2, 0.25) is 0 Å². The summed E-state index contributed by atoms with van der Waals surface area (Å²) in [5.41, 5.74) is 4.54. The molecule has 0 atom stereocenters. The Morgan fingerprint density at radius 1 is 0.971 bits per heavy atom. The van der Waals surface area contributed by atoms with Gasteiger partial charge in [0.1, 0.15) is 11.6 Å².